The third-order valence-corrected chi connectivity index (χ3v) is 7.63. The Bertz CT molecular complexity index is 1390. The monoisotopic (exact) mass is 584 g/mol. The van der Waals surface area contributed by atoms with Gasteiger partial charge < -0.3 is 19.3 Å². The highest BCUT2D eigenvalue weighted by Gasteiger charge is 2.47. The molecule has 1 unspecified atom stereocenters. The summed E-state index contributed by atoms with van der Waals surface area (Å²) in [4.78, 5) is 49.8. The van der Waals surface area contributed by atoms with Gasteiger partial charge in [0.15, 0.2) is 0 Å². The molecule has 0 bridgehead atoms. The van der Waals surface area contributed by atoms with E-state index in [1.807, 2.05) is 24.3 Å². The van der Waals surface area contributed by atoms with Crippen molar-refractivity contribution in [1.29, 1.82) is 5.26 Å². The highest BCUT2D eigenvalue weighted by atomic mass is 35.5. The van der Waals surface area contributed by atoms with E-state index in [9.17, 15) is 25.0 Å². The fourth-order valence-electron chi connectivity index (χ4n) is 5.75. The number of hydrogen-bond donors (Lipinski definition) is 0. The number of nitro groups is 1. The SMILES string of the molecule is COC(=O)[C@@]1(Cc2nc(Cl)nc(N3CCN(C(=O)OC(C)(C)C)C(CC#N)C3)c2[N+](=O)[O-])CCCc2ccccc21. The molecular weight excluding hydrogens is 552 g/mol. The Kier molecular flexibility index (Phi) is 8.68. The molecule has 1 aliphatic heterocycles. The summed E-state index contributed by atoms with van der Waals surface area (Å²) in [5.41, 5.74) is -0.552. The number of carbonyl (C=O) groups excluding carboxylic acids is 2. The largest absolute Gasteiger partial charge is 0.468 e. The number of nitriles is 1. The zero-order valence-corrected chi connectivity index (χ0v) is 24.3. The average Bonchev–Trinajstić information content (AvgIpc) is 2.91. The van der Waals surface area contributed by atoms with Gasteiger partial charge in [0.1, 0.15) is 11.3 Å². The molecule has 0 N–H and O–H groups in total. The van der Waals surface area contributed by atoms with E-state index in [4.69, 9.17) is 21.1 Å². The number of nitrogens with zero attached hydrogens (tertiary/aromatic N) is 6. The minimum Gasteiger partial charge on any atom is -0.468 e. The number of rotatable bonds is 6. The smallest absolute Gasteiger partial charge is 0.410 e. The zero-order valence-electron chi connectivity index (χ0n) is 23.6. The highest BCUT2D eigenvalue weighted by molar-refractivity contribution is 6.28. The lowest BCUT2D eigenvalue weighted by Crippen LogP contribution is -2.56. The number of aromatic nitrogens is 2. The van der Waals surface area contributed by atoms with E-state index in [0.29, 0.717) is 12.8 Å². The first-order valence-electron chi connectivity index (χ1n) is 13.4. The predicted octanol–water partition coefficient (Wildman–Crippen LogP) is 4.37. The van der Waals surface area contributed by atoms with Crippen LogP contribution in [0.2, 0.25) is 5.28 Å². The number of fused-ring (bicyclic) bond motifs is 1. The van der Waals surface area contributed by atoms with Gasteiger partial charge in [-0.15, -0.1) is 0 Å². The van der Waals surface area contributed by atoms with Crippen LogP contribution in [0, 0.1) is 21.4 Å². The summed E-state index contributed by atoms with van der Waals surface area (Å²) in [5.74, 6) is -0.531. The summed E-state index contributed by atoms with van der Waals surface area (Å²) in [6.07, 6.45) is 1.19. The van der Waals surface area contributed by atoms with Crippen LogP contribution in [0.15, 0.2) is 24.3 Å². The summed E-state index contributed by atoms with van der Waals surface area (Å²) in [6.45, 7) is 5.67. The van der Waals surface area contributed by atoms with Gasteiger partial charge >= 0.3 is 17.7 Å². The van der Waals surface area contributed by atoms with Crippen molar-refractivity contribution in [3.05, 3.63) is 56.5 Å². The maximum atomic E-state index is 13.4. The number of methoxy groups -OCH3 is 1. The summed E-state index contributed by atoms with van der Waals surface area (Å²) in [7, 11) is 1.30. The molecule has 2 aliphatic rings. The Labute approximate surface area is 243 Å². The van der Waals surface area contributed by atoms with Crippen LogP contribution < -0.4 is 4.90 Å². The standard InChI is InChI=1S/C28H33ClN6O6/c1-27(2,3)41-26(37)34-15-14-33(17-19(34)11-13-30)23-22(35(38)39)21(31-25(29)32-23)16-28(24(36)40-4)12-7-9-18-8-5-6-10-20(18)28/h5-6,8,10,19H,7,9,11-12,14-17H2,1-4H3/t19?,28-/m1/s1. The van der Waals surface area contributed by atoms with E-state index in [1.54, 1.807) is 25.7 Å². The molecule has 0 radical (unpaired) electrons. The Balaban J connectivity index is 1.75. The van der Waals surface area contributed by atoms with Crippen LogP contribution in [0.25, 0.3) is 0 Å². The van der Waals surface area contributed by atoms with Crippen LogP contribution in [0.1, 0.15) is 56.9 Å². The number of anilines is 1. The van der Waals surface area contributed by atoms with E-state index in [0.717, 1.165) is 17.5 Å². The highest BCUT2D eigenvalue weighted by Crippen LogP contribution is 2.43. The normalized spacial score (nSPS) is 20.5. The zero-order chi connectivity index (χ0) is 29.9. The summed E-state index contributed by atoms with van der Waals surface area (Å²) in [6, 6.07) is 8.99. The summed E-state index contributed by atoms with van der Waals surface area (Å²) >= 11 is 6.35. The third-order valence-electron chi connectivity index (χ3n) is 7.46. The maximum absolute atomic E-state index is 13.4. The number of piperazine rings is 1. The molecule has 13 heteroatoms. The van der Waals surface area contributed by atoms with Crippen molar-refractivity contribution in [3.63, 3.8) is 0 Å². The molecule has 0 spiro atoms. The number of carbonyl (C=O) groups is 2. The van der Waals surface area contributed by atoms with Gasteiger partial charge in [-0.1, -0.05) is 24.3 Å². The first-order valence-corrected chi connectivity index (χ1v) is 13.8. The summed E-state index contributed by atoms with van der Waals surface area (Å²) in [5, 5.41) is 21.8. The Morgan fingerprint density at radius 1 is 1.27 bits per heavy atom. The molecule has 2 atom stereocenters. The molecule has 2 aromatic rings. The van der Waals surface area contributed by atoms with Gasteiger partial charge in [-0.2, -0.15) is 10.2 Å². The second-order valence-electron chi connectivity index (χ2n) is 11.3. The third kappa shape index (κ3) is 6.20. The lowest BCUT2D eigenvalue weighted by atomic mass is 9.67. The quantitative estimate of drug-likeness (QED) is 0.207. The van der Waals surface area contributed by atoms with E-state index in [2.05, 4.69) is 16.0 Å². The van der Waals surface area contributed by atoms with E-state index in [-0.39, 0.29) is 55.0 Å². The number of halogens is 1. The molecule has 1 aromatic heterocycles. The number of hydrogen-bond acceptors (Lipinski definition) is 10. The van der Waals surface area contributed by atoms with Crippen molar-refractivity contribution in [2.75, 3.05) is 31.6 Å². The first-order chi connectivity index (χ1) is 19.4. The number of aryl methyl sites for hydroxylation is 1. The average molecular weight is 585 g/mol. The molecule has 218 valence electrons. The van der Waals surface area contributed by atoms with Gasteiger partial charge in [0.25, 0.3) is 0 Å². The minimum atomic E-state index is -1.19. The van der Waals surface area contributed by atoms with E-state index < -0.39 is 34.0 Å². The van der Waals surface area contributed by atoms with Crippen molar-refractivity contribution in [1.82, 2.24) is 14.9 Å². The molecule has 2 heterocycles. The lowest BCUT2D eigenvalue weighted by molar-refractivity contribution is -0.385. The van der Waals surface area contributed by atoms with Gasteiger partial charge in [-0.3, -0.25) is 14.9 Å². The van der Waals surface area contributed by atoms with Crippen LogP contribution in [0.3, 0.4) is 0 Å². The molecule has 1 aromatic carbocycles. The van der Waals surface area contributed by atoms with Crippen molar-refractivity contribution >= 4 is 35.2 Å². The molecule has 12 nitrogen and oxygen atoms in total. The number of amides is 1. The fraction of sp³-hybridized carbons (Fsp3) is 0.536. The topological polar surface area (TPSA) is 152 Å². The van der Waals surface area contributed by atoms with Crippen LogP contribution >= 0.6 is 11.6 Å². The van der Waals surface area contributed by atoms with Crippen molar-refractivity contribution in [2.45, 2.75) is 69.9 Å². The molecule has 4 rings (SSSR count). The molecule has 41 heavy (non-hydrogen) atoms. The molecule has 1 amide bonds. The summed E-state index contributed by atoms with van der Waals surface area (Å²) < 4.78 is 10.7. The number of ether oxygens (including phenoxy) is 2. The van der Waals surface area contributed by atoms with Crippen molar-refractivity contribution in [2.24, 2.45) is 0 Å². The first kappa shape index (κ1) is 30.0. The van der Waals surface area contributed by atoms with Gasteiger partial charge in [0.05, 0.1) is 36.0 Å². The van der Waals surface area contributed by atoms with Gasteiger partial charge in [0, 0.05) is 26.1 Å². The van der Waals surface area contributed by atoms with E-state index in [1.165, 1.54) is 12.0 Å². The van der Waals surface area contributed by atoms with Crippen molar-refractivity contribution < 1.29 is 24.0 Å². The molecule has 1 saturated heterocycles. The Hall–Kier alpha value is -3.98. The second kappa shape index (κ2) is 11.9. The lowest BCUT2D eigenvalue weighted by Gasteiger charge is -2.41. The number of esters is 1. The van der Waals surface area contributed by atoms with Crippen LogP contribution in [0.5, 0.6) is 0 Å². The van der Waals surface area contributed by atoms with Gasteiger partial charge in [0.2, 0.25) is 11.1 Å². The van der Waals surface area contributed by atoms with Crippen LogP contribution in [-0.4, -0.2) is 70.2 Å². The Morgan fingerprint density at radius 3 is 2.66 bits per heavy atom. The second-order valence-corrected chi connectivity index (χ2v) is 11.6. The van der Waals surface area contributed by atoms with Gasteiger partial charge in [-0.05, 0) is 62.8 Å². The van der Waals surface area contributed by atoms with Gasteiger partial charge in [-0.25, -0.2) is 9.78 Å². The predicted molar refractivity (Wildman–Crippen MR) is 150 cm³/mol. The Morgan fingerprint density at radius 2 is 2.00 bits per heavy atom. The fourth-order valence-corrected chi connectivity index (χ4v) is 5.93. The molecular formula is C28H33ClN6O6. The minimum absolute atomic E-state index is 0.0125. The molecule has 0 saturated carbocycles. The van der Waals surface area contributed by atoms with Crippen molar-refractivity contribution in [3.8, 4) is 6.07 Å². The van der Waals surface area contributed by atoms with Crippen LogP contribution in [-0.2, 0) is 32.5 Å². The number of benzene rings is 1. The van der Waals surface area contributed by atoms with Crippen LogP contribution in [0.4, 0.5) is 16.3 Å². The molecule has 1 aliphatic carbocycles. The molecule has 1 fully saturated rings. The van der Waals surface area contributed by atoms with E-state index >= 15 is 0 Å². The maximum Gasteiger partial charge on any atom is 0.410 e.